The van der Waals surface area contributed by atoms with E-state index in [1.54, 1.807) is 0 Å². The maximum Gasteiger partial charge on any atom is 0.344 e. The van der Waals surface area contributed by atoms with Crippen molar-refractivity contribution in [2.75, 3.05) is 14.2 Å². The zero-order valence-electron chi connectivity index (χ0n) is 10.9. The summed E-state index contributed by atoms with van der Waals surface area (Å²) in [5.41, 5.74) is 1.36. The van der Waals surface area contributed by atoms with Gasteiger partial charge in [0.15, 0.2) is 0 Å². The minimum atomic E-state index is -1.95. The van der Waals surface area contributed by atoms with E-state index in [0.29, 0.717) is 17.0 Å². The van der Waals surface area contributed by atoms with E-state index in [9.17, 15) is 0 Å². The molecule has 0 amide bonds. The molecule has 3 heteroatoms. The van der Waals surface area contributed by atoms with Gasteiger partial charge in [0, 0.05) is 25.3 Å². The molecule has 1 saturated heterocycles. The van der Waals surface area contributed by atoms with Gasteiger partial charge < -0.3 is 8.85 Å². The van der Waals surface area contributed by atoms with Crippen molar-refractivity contribution in [3.63, 3.8) is 0 Å². The van der Waals surface area contributed by atoms with Gasteiger partial charge in [0.25, 0.3) is 0 Å². The molecule has 1 heterocycles. The van der Waals surface area contributed by atoms with Crippen LogP contribution in [0, 0.1) is 5.92 Å². The number of hydrogen-bond donors (Lipinski definition) is 0. The molecule has 0 aliphatic carbocycles. The van der Waals surface area contributed by atoms with Crippen LogP contribution in [0.3, 0.4) is 0 Å². The van der Waals surface area contributed by atoms with E-state index in [0.717, 1.165) is 0 Å². The Kier molecular flexibility index (Phi) is 4.81. The Hall–Kier alpha value is 0.137. The molecule has 1 rings (SSSR count). The fraction of sp³-hybridized carbons (Fsp3) is 1.00. The van der Waals surface area contributed by atoms with Crippen molar-refractivity contribution < 1.29 is 8.85 Å². The molecule has 0 aromatic rings. The summed E-state index contributed by atoms with van der Waals surface area (Å²) < 4.78 is 11.8. The first-order valence-electron chi connectivity index (χ1n) is 6.22. The summed E-state index contributed by atoms with van der Waals surface area (Å²) in [7, 11) is 1.77. The fourth-order valence-corrected chi connectivity index (χ4v) is 8.05. The lowest BCUT2D eigenvalue weighted by Gasteiger charge is -2.46. The molecule has 0 aromatic carbocycles. The van der Waals surface area contributed by atoms with Gasteiger partial charge >= 0.3 is 8.56 Å². The van der Waals surface area contributed by atoms with Crippen molar-refractivity contribution in [2.24, 2.45) is 5.92 Å². The molecule has 0 N–H and O–H groups in total. The van der Waals surface area contributed by atoms with E-state index in [4.69, 9.17) is 8.85 Å². The fourth-order valence-electron chi connectivity index (χ4n) is 3.30. The highest BCUT2D eigenvalue weighted by atomic mass is 28.4. The van der Waals surface area contributed by atoms with E-state index in [1.807, 2.05) is 14.2 Å². The molecule has 2 atom stereocenters. The molecule has 15 heavy (non-hydrogen) atoms. The summed E-state index contributed by atoms with van der Waals surface area (Å²) in [4.78, 5) is 0. The highest BCUT2D eigenvalue weighted by Crippen LogP contribution is 2.49. The molecule has 0 spiro atoms. The van der Waals surface area contributed by atoms with Crippen molar-refractivity contribution in [3.05, 3.63) is 0 Å². The van der Waals surface area contributed by atoms with E-state index < -0.39 is 8.56 Å². The summed E-state index contributed by atoms with van der Waals surface area (Å²) in [5, 5.41) is 0. The van der Waals surface area contributed by atoms with Crippen LogP contribution in [0.5, 0.6) is 0 Å². The first kappa shape index (κ1) is 13.2. The van der Waals surface area contributed by atoms with Gasteiger partial charge in [0.1, 0.15) is 0 Å². The molecule has 0 bridgehead atoms. The topological polar surface area (TPSA) is 18.5 Å². The second-order valence-electron chi connectivity index (χ2n) is 5.02. The van der Waals surface area contributed by atoms with Gasteiger partial charge in [-0.3, -0.25) is 0 Å². The number of rotatable bonds is 4. The van der Waals surface area contributed by atoms with Crippen LogP contribution in [0.2, 0.25) is 11.1 Å². The Labute approximate surface area is 95.6 Å². The summed E-state index contributed by atoms with van der Waals surface area (Å²) in [6.07, 6.45) is 5.15. The smallest absolute Gasteiger partial charge is 0.344 e. The van der Waals surface area contributed by atoms with Gasteiger partial charge in [-0.05, 0) is 18.8 Å². The van der Waals surface area contributed by atoms with Gasteiger partial charge in [-0.1, -0.05) is 33.6 Å². The largest absolute Gasteiger partial charge is 0.397 e. The van der Waals surface area contributed by atoms with Crippen LogP contribution >= 0.6 is 0 Å². The van der Waals surface area contributed by atoms with Gasteiger partial charge in [-0.2, -0.15) is 0 Å². The summed E-state index contributed by atoms with van der Waals surface area (Å²) >= 11 is 0. The first-order valence-corrected chi connectivity index (χ1v) is 8.19. The maximum absolute atomic E-state index is 5.92. The lowest BCUT2D eigenvalue weighted by atomic mass is 10.0. The summed E-state index contributed by atoms with van der Waals surface area (Å²) in [6, 6.07) is 0. The predicted molar refractivity (Wildman–Crippen MR) is 66.3 cm³/mol. The minimum Gasteiger partial charge on any atom is -0.397 e. The zero-order chi connectivity index (χ0) is 11.5. The van der Waals surface area contributed by atoms with Crippen LogP contribution < -0.4 is 0 Å². The molecule has 2 unspecified atom stereocenters. The molecular weight excluding hydrogens is 204 g/mol. The monoisotopic (exact) mass is 230 g/mol. The first-order chi connectivity index (χ1) is 7.12. The van der Waals surface area contributed by atoms with E-state index in [2.05, 4.69) is 20.8 Å². The van der Waals surface area contributed by atoms with E-state index in [1.165, 1.54) is 25.7 Å². The predicted octanol–water partition coefficient (Wildman–Crippen LogP) is 3.71. The highest BCUT2D eigenvalue weighted by Gasteiger charge is 2.53. The molecule has 2 nitrogen and oxygen atoms in total. The normalized spacial score (nSPS) is 30.8. The SMILES string of the molecule is CCC1CCCC(C(C)C)[Si]1(OC)OC. The van der Waals surface area contributed by atoms with Gasteiger partial charge in [0.2, 0.25) is 0 Å². The summed E-state index contributed by atoms with van der Waals surface area (Å²) in [6.45, 7) is 6.89. The highest BCUT2D eigenvalue weighted by molar-refractivity contribution is 6.70. The van der Waals surface area contributed by atoms with Crippen molar-refractivity contribution in [2.45, 2.75) is 57.5 Å². The average molecular weight is 230 g/mol. The quantitative estimate of drug-likeness (QED) is 0.685. The lowest BCUT2D eigenvalue weighted by Crippen LogP contribution is -2.53. The Balaban J connectivity index is 2.94. The molecule has 0 saturated carbocycles. The van der Waals surface area contributed by atoms with Crippen LogP contribution in [-0.4, -0.2) is 22.8 Å². The Morgan fingerprint density at radius 2 is 1.80 bits per heavy atom. The third-order valence-electron chi connectivity index (χ3n) is 4.09. The third-order valence-corrected chi connectivity index (χ3v) is 9.19. The molecule has 0 radical (unpaired) electrons. The molecule has 1 aliphatic rings. The Bertz CT molecular complexity index is 190. The molecule has 90 valence electrons. The van der Waals surface area contributed by atoms with Crippen molar-refractivity contribution in [1.82, 2.24) is 0 Å². The van der Waals surface area contributed by atoms with E-state index in [-0.39, 0.29) is 0 Å². The van der Waals surface area contributed by atoms with Gasteiger partial charge in [-0.15, -0.1) is 0 Å². The zero-order valence-corrected chi connectivity index (χ0v) is 11.9. The molecule has 1 aliphatic heterocycles. The van der Waals surface area contributed by atoms with Crippen molar-refractivity contribution in [1.29, 1.82) is 0 Å². The standard InChI is InChI=1S/C12H26O2Si/c1-6-11-8-7-9-12(10(2)3)15(11,13-4)14-5/h10-12H,6-9H2,1-5H3. The Morgan fingerprint density at radius 3 is 2.20 bits per heavy atom. The molecular formula is C12H26O2Si. The van der Waals surface area contributed by atoms with Crippen molar-refractivity contribution in [3.8, 4) is 0 Å². The molecule has 0 aromatic heterocycles. The molecule has 1 fully saturated rings. The van der Waals surface area contributed by atoms with Crippen LogP contribution in [-0.2, 0) is 8.85 Å². The van der Waals surface area contributed by atoms with Crippen LogP contribution in [0.25, 0.3) is 0 Å². The van der Waals surface area contributed by atoms with Gasteiger partial charge in [-0.25, -0.2) is 0 Å². The van der Waals surface area contributed by atoms with E-state index >= 15 is 0 Å². The number of hydrogen-bond acceptors (Lipinski definition) is 2. The maximum atomic E-state index is 5.92. The Morgan fingerprint density at radius 1 is 1.20 bits per heavy atom. The second-order valence-corrected chi connectivity index (χ2v) is 8.83. The van der Waals surface area contributed by atoms with Crippen molar-refractivity contribution >= 4 is 8.56 Å². The average Bonchev–Trinajstić information content (AvgIpc) is 2.27. The van der Waals surface area contributed by atoms with Crippen LogP contribution in [0.15, 0.2) is 0 Å². The second kappa shape index (κ2) is 5.46. The summed E-state index contributed by atoms with van der Waals surface area (Å²) in [5.74, 6) is 0.686. The third kappa shape index (κ3) is 2.29. The lowest BCUT2D eigenvalue weighted by molar-refractivity contribution is 0.184. The van der Waals surface area contributed by atoms with Gasteiger partial charge in [0.05, 0.1) is 0 Å². The minimum absolute atomic E-state index is 0.672. The van der Waals surface area contributed by atoms with Crippen LogP contribution in [0.4, 0.5) is 0 Å². The van der Waals surface area contributed by atoms with Crippen LogP contribution in [0.1, 0.15) is 46.5 Å².